The van der Waals surface area contributed by atoms with Gasteiger partial charge in [-0.15, -0.1) is 0 Å². The van der Waals surface area contributed by atoms with Crippen molar-refractivity contribution >= 4 is 16.7 Å². The average Bonchev–Trinajstić information content (AvgIpc) is 3.40. The number of aliphatic hydroxyl groups excluding tert-OH is 1. The summed E-state index contributed by atoms with van der Waals surface area (Å²) in [5, 5.41) is 13.1. The van der Waals surface area contributed by atoms with Gasteiger partial charge in [0.25, 0.3) is 5.56 Å². The molecule has 0 bridgehead atoms. The minimum absolute atomic E-state index is 0.0767. The molecule has 3 heterocycles. The van der Waals surface area contributed by atoms with E-state index in [4.69, 9.17) is 9.15 Å². The summed E-state index contributed by atoms with van der Waals surface area (Å²) in [5.41, 5.74) is -0.856. The van der Waals surface area contributed by atoms with E-state index >= 15 is 0 Å². The fraction of sp³-hybridized carbons (Fsp3) is 0.174. The van der Waals surface area contributed by atoms with E-state index in [1.165, 1.54) is 26.2 Å². The minimum atomic E-state index is -4.79. The summed E-state index contributed by atoms with van der Waals surface area (Å²) in [6, 6.07) is 11.0. The number of ether oxygens (including phenoxy) is 1. The van der Waals surface area contributed by atoms with Crippen LogP contribution in [0.1, 0.15) is 17.0 Å². The van der Waals surface area contributed by atoms with Crippen LogP contribution in [-0.4, -0.2) is 31.8 Å². The molecule has 0 saturated heterocycles. The number of nitrogens with one attached hydrogen (secondary N) is 1. The van der Waals surface area contributed by atoms with Gasteiger partial charge in [0.05, 0.1) is 19.3 Å². The summed E-state index contributed by atoms with van der Waals surface area (Å²) in [4.78, 5) is 20.6. The van der Waals surface area contributed by atoms with Crippen molar-refractivity contribution in [3.05, 3.63) is 69.8 Å². The second kappa shape index (κ2) is 7.73. The number of benzene rings is 2. The number of alkyl halides is 3. The van der Waals surface area contributed by atoms with Crippen molar-refractivity contribution in [3.8, 4) is 28.3 Å². The van der Waals surface area contributed by atoms with Crippen LogP contribution in [-0.2, 0) is 12.8 Å². The molecule has 0 aliphatic carbocycles. The van der Waals surface area contributed by atoms with Gasteiger partial charge in [0, 0.05) is 5.69 Å². The third-order valence-electron chi connectivity index (χ3n) is 5.44. The van der Waals surface area contributed by atoms with Gasteiger partial charge in [0.2, 0.25) is 5.89 Å². The highest BCUT2D eigenvalue weighted by Crippen LogP contribution is 2.38. The Bertz CT molecular complexity index is 1600. The van der Waals surface area contributed by atoms with Crippen LogP contribution in [0, 0.1) is 6.92 Å². The smallest absolute Gasteiger partial charge is 0.435 e. The molecule has 0 aliphatic rings. The van der Waals surface area contributed by atoms with Crippen molar-refractivity contribution in [2.24, 2.45) is 0 Å². The number of nitrogens with zero attached hydrogens (tertiary/aromatic N) is 3. The summed E-state index contributed by atoms with van der Waals surface area (Å²) in [6.07, 6.45) is -4.79. The van der Waals surface area contributed by atoms with Gasteiger partial charge in [0.1, 0.15) is 17.0 Å². The second-order valence-electron chi connectivity index (χ2n) is 7.60. The molecule has 8 nitrogen and oxygen atoms in total. The molecule has 0 fully saturated rings. The Kier molecular flexibility index (Phi) is 4.94. The molecule has 5 rings (SSSR count). The fourth-order valence-electron chi connectivity index (χ4n) is 3.92. The topological polar surface area (TPSA) is 106 Å². The Balaban J connectivity index is 1.81. The number of H-pyrrole nitrogens is 1. The molecular weight excluding hydrogens is 453 g/mol. The quantitative estimate of drug-likeness (QED) is 0.405. The highest BCUT2D eigenvalue weighted by atomic mass is 19.4. The lowest BCUT2D eigenvalue weighted by molar-refractivity contribution is -0.140. The van der Waals surface area contributed by atoms with E-state index in [1.54, 1.807) is 30.3 Å². The van der Waals surface area contributed by atoms with Gasteiger partial charge in [-0.2, -0.15) is 22.8 Å². The van der Waals surface area contributed by atoms with E-state index in [2.05, 4.69) is 15.1 Å². The van der Waals surface area contributed by atoms with Gasteiger partial charge in [0.15, 0.2) is 16.8 Å². The van der Waals surface area contributed by atoms with E-state index in [9.17, 15) is 23.1 Å². The number of halogens is 3. The average molecular weight is 470 g/mol. The van der Waals surface area contributed by atoms with Crippen LogP contribution in [0.3, 0.4) is 0 Å². The first-order valence-corrected chi connectivity index (χ1v) is 10.1. The predicted molar refractivity (Wildman–Crippen MR) is 116 cm³/mol. The molecule has 0 atom stereocenters. The third-order valence-corrected chi connectivity index (χ3v) is 5.44. The van der Waals surface area contributed by atoms with E-state index in [0.29, 0.717) is 21.3 Å². The number of oxazole rings is 1. The zero-order valence-electron chi connectivity index (χ0n) is 17.9. The maximum absolute atomic E-state index is 13.9. The maximum Gasteiger partial charge on any atom is 0.435 e. The van der Waals surface area contributed by atoms with Crippen LogP contribution in [0.25, 0.3) is 39.3 Å². The summed E-state index contributed by atoms with van der Waals surface area (Å²) >= 11 is 0. The van der Waals surface area contributed by atoms with E-state index in [1.807, 2.05) is 0 Å². The number of aromatic amines is 1. The molecule has 34 heavy (non-hydrogen) atoms. The summed E-state index contributed by atoms with van der Waals surface area (Å²) in [5.74, 6) is 0.200. The van der Waals surface area contributed by atoms with Crippen LogP contribution in [0.5, 0.6) is 5.75 Å². The molecule has 0 aliphatic heterocycles. The lowest BCUT2D eigenvalue weighted by Gasteiger charge is -2.07. The van der Waals surface area contributed by atoms with Crippen molar-refractivity contribution in [2.45, 2.75) is 19.7 Å². The molecule has 11 heteroatoms. The number of rotatable bonds is 4. The Labute approximate surface area is 189 Å². The summed E-state index contributed by atoms with van der Waals surface area (Å²) in [7, 11) is 1.42. The van der Waals surface area contributed by atoms with Crippen LogP contribution in [0.15, 0.2) is 51.7 Å². The molecule has 0 unspecified atom stereocenters. The van der Waals surface area contributed by atoms with Gasteiger partial charge in [-0.25, -0.2) is 4.98 Å². The molecule has 0 saturated carbocycles. The molecule has 174 valence electrons. The van der Waals surface area contributed by atoms with E-state index in [-0.39, 0.29) is 46.1 Å². The number of aryl methyl sites for hydroxylation is 1. The lowest BCUT2D eigenvalue weighted by atomic mass is 10.1. The maximum atomic E-state index is 13.9. The van der Waals surface area contributed by atoms with Crippen molar-refractivity contribution in [3.63, 3.8) is 0 Å². The van der Waals surface area contributed by atoms with Crippen LogP contribution >= 0.6 is 0 Å². The van der Waals surface area contributed by atoms with Crippen molar-refractivity contribution in [1.82, 2.24) is 19.6 Å². The Morgan fingerprint density at radius 3 is 2.56 bits per heavy atom. The number of fused-ring (bicyclic) bond motifs is 2. The predicted octanol–water partition coefficient (Wildman–Crippen LogP) is 4.33. The van der Waals surface area contributed by atoms with Gasteiger partial charge >= 0.3 is 6.18 Å². The first-order chi connectivity index (χ1) is 16.2. The molecule has 0 spiro atoms. The molecule has 0 radical (unpaired) electrons. The van der Waals surface area contributed by atoms with Crippen molar-refractivity contribution in [1.29, 1.82) is 0 Å². The minimum Gasteiger partial charge on any atom is -0.494 e. The fourth-order valence-corrected chi connectivity index (χ4v) is 3.92. The zero-order valence-corrected chi connectivity index (χ0v) is 17.9. The monoisotopic (exact) mass is 470 g/mol. The Morgan fingerprint density at radius 1 is 1.18 bits per heavy atom. The lowest BCUT2D eigenvalue weighted by Crippen LogP contribution is -2.19. The molecule has 3 aromatic heterocycles. The van der Waals surface area contributed by atoms with Crippen LogP contribution in [0.4, 0.5) is 13.2 Å². The van der Waals surface area contributed by atoms with Crippen molar-refractivity contribution in [2.75, 3.05) is 7.11 Å². The second-order valence-corrected chi connectivity index (χ2v) is 7.60. The number of aromatic nitrogens is 4. The normalized spacial score (nSPS) is 12.1. The number of hydrogen-bond acceptors (Lipinski definition) is 6. The first kappa shape index (κ1) is 21.7. The number of hydrogen-bond donors (Lipinski definition) is 2. The molecule has 2 N–H and O–H groups in total. The summed E-state index contributed by atoms with van der Waals surface area (Å²) in [6.45, 7) is 1.26. The van der Waals surface area contributed by atoms with Crippen LogP contribution < -0.4 is 10.3 Å². The largest absolute Gasteiger partial charge is 0.494 e. The van der Waals surface area contributed by atoms with Gasteiger partial charge in [-0.1, -0.05) is 30.3 Å². The molecule has 5 aromatic rings. The molecular formula is C23H17F3N4O4. The van der Waals surface area contributed by atoms with E-state index in [0.717, 1.165) is 0 Å². The van der Waals surface area contributed by atoms with Crippen LogP contribution in [0.2, 0.25) is 0 Å². The van der Waals surface area contributed by atoms with E-state index < -0.39 is 17.4 Å². The molecule has 0 amide bonds. The highest BCUT2D eigenvalue weighted by Gasteiger charge is 2.39. The number of methoxy groups -OCH3 is 1. The third kappa shape index (κ3) is 3.32. The SMILES string of the molecule is COc1cc(CO)cc2oc(-c3c(C)[nH]c4c(-c5ccccc5)c(C(F)(F)F)nn4c3=O)nc12. The van der Waals surface area contributed by atoms with Crippen molar-refractivity contribution < 1.29 is 27.4 Å². The Morgan fingerprint density at radius 2 is 1.91 bits per heavy atom. The molecule has 2 aromatic carbocycles. The van der Waals surface area contributed by atoms with Gasteiger partial charge < -0.3 is 19.2 Å². The standard InChI is InChI=1S/C23H17F3N4O4/c1-11-16(21-28-18-14(33-2)8-12(10-31)9-15(18)34-21)22(32)30-20(27-11)17(13-6-4-3-5-7-13)19(29-30)23(24,25)26/h3-9,27,31H,10H2,1-2H3. The highest BCUT2D eigenvalue weighted by molar-refractivity contribution is 5.84. The first-order valence-electron chi connectivity index (χ1n) is 10.1. The van der Waals surface area contributed by atoms with Gasteiger partial charge in [-0.3, -0.25) is 4.79 Å². The Hall–Kier alpha value is -4.12. The van der Waals surface area contributed by atoms with Gasteiger partial charge in [-0.05, 0) is 30.2 Å². The number of aliphatic hydroxyl groups is 1. The summed E-state index contributed by atoms with van der Waals surface area (Å²) < 4.78 is 53.3. The zero-order chi connectivity index (χ0) is 24.2.